The lowest BCUT2D eigenvalue weighted by Gasteiger charge is -2.05. The molecule has 0 aliphatic heterocycles. The number of fused-ring (bicyclic) bond motifs is 1. The van der Waals surface area contributed by atoms with Gasteiger partial charge >= 0.3 is 0 Å². The number of rotatable bonds is 5. The summed E-state index contributed by atoms with van der Waals surface area (Å²) in [6.07, 6.45) is 0. The number of aromatic nitrogens is 3. The second-order valence-electron chi connectivity index (χ2n) is 7.04. The fourth-order valence-electron chi connectivity index (χ4n) is 3.30. The Balaban J connectivity index is 1.60. The largest absolute Gasteiger partial charge is 0.339 e. The Kier molecular flexibility index (Phi) is 5.03. The van der Waals surface area contributed by atoms with E-state index in [4.69, 9.17) is 11.6 Å². The Morgan fingerprint density at radius 1 is 1.04 bits per heavy atom. The molecule has 2 aromatic heterocycles. The minimum Gasteiger partial charge on any atom is -0.339 e. The van der Waals surface area contributed by atoms with Gasteiger partial charge in [-0.1, -0.05) is 41.4 Å². The van der Waals surface area contributed by atoms with Crippen LogP contribution < -0.4 is 10.9 Å². The summed E-state index contributed by atoms with van der Waals surface area (Å²) in [5.74, 6) is 0. The summed E-state index contributed by atoms with van der Waals surface area (Å²) in [6, 6.07) is 17.8. The van der Waals surface area contributed by atoms with Crippen LogP contribution in [0.15, 0.2) is 59.4 Å². The molecule has 0 atom stereocenters. The number of halogens is 1. The topological polar surface area (TPSA) is 67.3 Å². The van der Waals surface area contributed by atoms with Gasteiger partial charge in [0, 0.05) is 16.0 Å². The Bertz CT molecular complexity index is 1170. The molecule has 0 amide bonds. The van der Waals surface area contributed by atoms with E-state index in [0.717, 1.165) is 28.9 Å². The van der Waals surface area contributed by atoms with Crippen molar-refractivity contribution in [1.29, 1.82) is 0 Å². The molecule has 142 valence electrons. The van der Waals surface area contributed by atoms with Crippen molar-refractivity contribution in [3.8, 4) is 5.69 Å². The average molecular weight is 394 g/mol. The van der Waals surface area contributed by atoms with Crippen LogP contribution in [-0.4, -0.2) is 14.8 Å². The zero-order valence-corrected chi connectivity index (χ0v) is 16.6. The third kappa shape index (κ3) is 3.72. The quantitative estimate of drug-likeness (QED) is 0.546. The van der Waals surface area contributed by atoms with Gasteiger partial charge in [0.2, 0.25) is 0 Å². The highest BCUT2D eigenvalue weighted by Gasteiger charge is 2.13. The van der Waals surface area contributed by atoms with E-state index >= 15 is 0 Å². The predicted molar refractivity (Wildman–Crippen MR) is 112 cm³/mol. The normalized spacial score (nSPS) is 11.2. The number of benzene rings is 2. The number of hydrogen-bond donors (Lipinski definition) is 2. The Hall–Kier alpha value is -2.89. The van der Waals surface area contributed by atoms with Gasteiger partial charge in [0.1, 0.15) is 18.7 Å². The summed E-state index contributed by atoms with van der Waals surface area (Å²) in [6.45, 7) is 5.48. The van der Waals surface area contributed by atoms with Crippen LogP contribution in [0.3, 0.4) is 0 Å². The van der Waals surface area contributed by atoms with Crippen molar-refractivity contribution in [1.82, 2.24) is 14.8 Å². The lowest BCUT2D eigenvalue weighted by molar-refractivity contribution is -0.686. The SMILES string of the molecule is Cc1ccc(C[NH2+]Cc2cc3c(C)nn(-c4ccc(Cl)cc4)c3[nH]c2=O)cc1. The summed E-state index contributed by atoms with van der Waals surface area (Å²) >= 11 is 5.98. The molecule has 0 spiro atoms. The molecular weight excluding hydrogens is 372 g/mol. The molecule has 4 aromatic rings. The molecule has 0 fully saturated rings. The number of hydrogen-bond acceptors (Lipinski definition) is 2. The minimum absolute atomic E-state index is 0.0808. The van der Waals surface area contributed by atoms with E-state index in [2.05, 4.69) is 46.6 Å². The average Bonchev–Trinajstić information content (AvgIpc) is 3.00. The van der Waals surface area contributed by atoms with E-state index in [1.54, 1.807) is 4.68 Å². The molecule has 0 bridgehead atoms. The number of aryl methyl sites for hydroxylation is 2. The number of aromatic amines is 1. The van der Waals surface area contributed by atoms with Gasteiger partial charge in [-0.3, -0.25) is 4.79 Å². The molecule has 0 saturated heterocycles. The smallest absolute Gasteiger partial charge is 0.258 e. The van der Waals surface area contributed by atoms with Crippen LogP contribution in [0.5, 0.6) is 0 Å². The maximum absolute atomic E-state index is 12.6. The zero-order valence-electron chi connectivity index (χ0n) is 15.9. The molecular formula is C22H22ClN4O+. The van der Waals surface area contributed by atoms with Gasteiger partial charge in [0.15, 0.2) is 0 Å². The van der Waals surface area contributed by atoms with E-state index in [1.807, 2.05) is 37.3 Å². The molecule has 0 saturated carbocycles. The van der Waals surface area contributed by atoms with Crippen LogP contribution in [0, 0.1) is 13.8 Å². The summed E-state index contributed by atoms with van der Waals surface area (Å²) in [5.41, 5.74) is 5.60. The molecule has 2 heterocycles. The van der Waals surface area contributed by atoms with Gasteiger partial charge in [-0.25, -0.2) is 4.68 Å². The molecule has 0 unspecified atom stereocenters. The number of quaternary nitrogens is 1. The van der Waals surface area contributed by atoms with Crippen LogP contribution in [-0.2, 0) is 13.1 Å². The van der Waals surface area contributed by atoms with Crippen molar-refractivity contribution in [2.45, 2.75) is 26.9 Å². The van der Waals surface area contributed by atoms with Gasteiger partial charge < -0.3 is 10.3 Å². The first-order valence-electron chi connectivity index (χ1n) is 9.26. The molecule has 28 heavy (non-hydrogen) atoms. The zero-order chi connectivity index (χ0) is 19.7. The highest BCUT2D eigenvalue weighted by Crippen LogP contribution is 2.21. The second kappa shape index (κ2) is 7.62. The Labute approximate surface area is 168 Å². The third-order valence-electron chi connectivity index (χ3n) is 4.88. The molecule has 4 rings (SSSR count). The van der Waals surface area contributed by atoms with E-state index in [9.17, 15) is 4.79 Å². The Morgan fingerprint density at radius 3 is 2.46 bits per heavy atom. The first-order valence-corrected chi connectivity index (χ1v) is 9.64. The fraction of sp³-hybridized carbons (Fsp3) is 0.182. The number of pyridine rings is 1. The van der Waals surface area contributed by atoms with Crippen LogP contribution in [0.4, 0.5) is 0 Å². The van der Waals surface area contributed by atoms with E-state index < -0.39 is 0 Å². The summed E-state index contributed by atoms with van der Waals surface area (Å²) in [7, 11) is 0. The summed E-state index contributed by atoms with van der Waals surface area (Å²) in [4.78, 5) is 15.6. The predicted octanol–water partition coefficient (Wildman–Crippen LogP) is 3.25. The van der Waals surface area contributed by atoms with Crippen LogP contribution >= 0.6 is 11.6 Å². The van der Waals surface area contributed by atoms with Crippen LogP contribution in [0.25, 0.3) is 16.7 Å². The van der Waals surface area contributed by atoms with Gasteiger partial charge in [-0.05, 0) is 44.2 Å². The lowest BCUT2D eigenvalue weighted by Crippen LogP contribution is -2.81. The Morgan fingerprint density at radius 2 is 1.75 bits per heavy atom. The fourth-order valence-corrected chi connectivity index (χ4v) is 3.43. The maximum Gasteiger partial charge on any atom is 0.258 e. The molecule has 0 aliphatic rings. The minimum atomic E-state index is -0.0808. The van der Waals surface area contributed by atoms with E-state index in [0.29, 0.717) is 17.2 Å². The monoisotopic (exact) mass is 393 g/mol. The molecule has 6 heteroatoms. The van der Waals surface area contributed by atoms with Crippen LogP contribution in [0.2, 0.25) is 5.02 Å². The number of nitrogens with one attached hydrogen (secondary N) is 1. The van der Waals surface area contributed by atoms with Crippen molar-refractivity contribution >= 4 is 22.6 Å². The standard InChI is InChI=1S/C22H21ClN4O/c1-14-3-5-16(6-4-14)12-24-13-17-11-20-15(2)26-27(21(20)25-22(17)28)19-9-7-18(23)8-10-19/h3-11,24H,12-13H2,1-2H3,(H,25,28)/p+1. The van der Waals surface area contributed by atoms with Gasteiger partial charge in [-0.15, -0.1) is 0 Å². The second-order valence-corrected chi connectivity index (χ2v) is 7.48. The van der Waals surface area contributed by atoms with Gasteiger partial charge in [0.05, 0.1) is 16.9 Å². The van der Waals surface area contributed by atoms with Gasteiger partial charge in [0.25, 0.3) is 5.56 Å². The van der Waals surface area contributed by atoms with Crippen LogP contribution in [0.1, 0.15) is 22.4 Å². The maximum atomic E-state index is 12.6. The van der Waals surface area contributed by atoms with Crippen molar-refractivity contribution in [2.75, 3.05) is 0 Å². The summed E-state index contributed by atoms with van der Waals surface area (Å²) < 4.78 is 1.75. The van der Waals surface area contributed by atoms with Gasteiger partial charge in [-0.2, -0.15) is 5.10 Å². The number of nitrogens with zero attached hydrogens (tertiary/aromatic N) is 2. The number of H-pyrrole nitrogens is 1. The van der Waals surface area contributed by atoms with Crippen molar-refractivity contribution < 1.29 is 5.32 Å². The summed E-state index contributed by atoms with van der Waals surface area (Å²) in [5, 5.41) is 8.36. The van der Waals surface area contributed by atoms with Crippen molar-refractivity contribution in [2.24, 2.45) is 0 Å². The third-order valence-corrected chi connectivity index (χ3v) is 5.14. The molecule has 0 aliphatic carbocycles. The van der Waals surface area contributed by atoms with Crippen molar-refractivity contribution in [3.05, 3.63) is 92.4 Å². The first-order chi connectivity index (χ1) is 13.5. The number of nitrogens with two attached hydrogens (primary N) is 1. The van der Waals surface area contributed by atoms with E-state index in [-0.39, 0.29) is 5.56 Å². The van der Waals surface area contributed by atoms with Crippen molar-refractivity contribution in [3.63, 3.8) is 0 Å². The van der Waals surface area contributed by atoms with E-state index in [1.165, 1.54) is 11.1 Å². The molecule has 2 aromatic carbocycles. The lowest BCUT2D eigenvalue weighted by atomic mass is 10.1. The highest BCUT2D eigenvalue weighted by atomic mass is 35.5. The highest BCUT2D eigenvalue weighted by molar-refractivity contribution is 6.30. The molecule has 5 nitrogen and oxygen atoms in total. The first kappa shape index (κ1) is 18.5. The molecule has 3 N–H and O–H groups in total. The molecule has 0 radical (unpaired) electrons.